The van der Waals surface area contributed by atoms with Crippen LogP contribution in [-0.2, 0) is 0 Å². The van der Waals surface area contributed by atoms with Gasteiger partial charge in [0, 0.05) is 35.2 Å². The highest BCUT2D eigenvalue weighted by molar-refractivity contribution is 6.31. The largest absolute Gasteiger partial charge is 0.367 e. The van der Waals surface area contributed by atoms with E-state index in [1.165, 1.54) is 0 Å². The third kappa shape index (κ3) is 3.51. The quantitative estimate of drug-likeness (QED) is 0.769. The van der Waals surface area contributed by atoms with Gasteiger partial charge < -0.3 is 10.2 Å². The Morgan fingerprint density at radius 3 is 2.76 bits per heavy atom. The van der Waals surface area contributed by atoms with Crippen LogP contribution in [0.15, 0.2) is 42.7 Å². The zero-order chi connectivity index (χ0) is 17.2. The number of nitrogens with one attached hydrogen (secondary N) is 1. The van der Waals surface area contributed by atoms with Crippen molar-refractivity contribution in [1.29, 1.82) is 0 Å². The van der Waals surface area contributed by atoms with Crippen LogP contribution >= 0.6 is 11.6 Å². The fraction of sp³-hybridized carbons (Fsp3) is 0.316. The van der Waals surface area contributed by atoms with Crippen LogP contribution < -0.4 is 10.2 Å². The van der Waals surface area contributed by atoms with Crippen molar-refractivity contribution < 1.29 is 0 Å². The van der Waals surface area contributed by atoms with E-state index in [4.69, 9.17) is 11.6 Å². The van der Waals surface area contributed by atoms with Crippen molar-refractivity contribution >= 4 is 34.1 Å². The molecule has 0 spiro atoms. The Morgan fingerprint density at radius 1 is 1.12 bits per heavy atom. The number of piperidine rings is 1. The van der Waals surface area contributed by atoms with Gasteiger partial charge in [-0.25, -0.2) is 15.0 Å². The van der Waals surface area contributed by atoms with Crippen molar-refractivity contribution in [1.82, 2.24) is 15.0 Å². The summed E-state index contributed by atoms with van der Waals surface area (Å²) in [6, 6.07) is 12.3. The number of hydrogen-bond donors (Lipinski definition) is 1. The summed E-state index contributed by atoms with van der Waals surface area (Å²) < 4.78 is 0. The van der Waals surface area contributed by atoms with Gasteiger partial charge in [0.1, 0.15) is 18.0 Å². The van der Waals surface area contributed by atoms with E-state index in [1.54, 1.807) is 6.33 Å². The summed E-state index contributed by atoms with van der Waals surface area (Å²) in [5, 5.41) is 5.29. The molecule has 0 unspecified atom stereocenters. The fourth-order valence-corrected chi connectivity index (χ4v) is 3.46. The summed E-state index contributed by atoms with van der Waals surface area (Å²) in [5.74, 6) is 1.95. The summed E-state index contributed by atoms with van der Waals surface area (Å²) >= 11 is 6.06. The molecule has 0 aliphatic carbocycles. The first-order valence-electron chi connectivity index (χ1n) is 8.54. The van der Waals surface area contributed by atoms with Crippen LogP contribution in [0.2, 0.25) is 5.02 Å². The molecule has 1 aromatic carbocycles. The second-order valence-electron chi connectivity index (χ2n) is 6.43. The number of aryl methyl sites for hydroxylation is 1. The number of hydrogen-bond acceptors (Lipinski definition) is 5. The molecule has 1 saturated heterocycles. The van der Waals surface area contributed by atoms with Gasteiger partial charge in [0.05, 0.1) is 5.52 Å². The molecule has 0 amide bonds. The van der Waals surface area contributed by atoms with Crippen molar-refractivity contribution in [2.45, 2.75) is 25.8 Å². The first-order valence-corrected chi connectivity index (χ1v) is 8.92. The molecular formula is C19H20ClN5. The zero-order valence-corrected chi connectivity index (χ0v) is 14.9. The lowest BCUT2D eigenvalue weighted by molar-refractivity contribution is 0.522. The van der Waals surface area contributed by atoms with Crippen molar-refractivity contribution in [2.75, 3.05) is 23.3 Å². The highest BCUT2D eigenvalue weighted by atomic mass is 35.5. The minimum atomic E-state index is 0.398. The standard InChI is InChI=1S/C19H20ClN5/c1-13-3-2-4-18(23-13)25-9-7-15(8-10-25)24-19-16-6-5-14(20)11-17(16)21-12-22-19/h2-6,11-12,15H,7-10H2,1H3,(H,21,22,24). The van der Waals surface area contributed by atoms with Crippen LogP contribution in [0.1, 0.15) is 18.5 Å². The number of aromatic nitrogens is 3. The van der Waals surface area contributed by atoms with Crippen LogP contribution in [0, 0.1) is 6.92 Å². The zero-order valence-electron chi connectivity index (χ0n) is 14.1. The van der Waals surface area contributed by atoms with Gasteiger partial charge >= 0.3 is 0 Å². The lowest BCUT2D eigenvalue weighted by Gasteiger charge is -2.33. The Morgan fingerprint density at radius 2 is 1.96 bits per heavy atom. The van der Waals surface area contributed by atoms with Gasteiger partial charge in [-0.15, -0.1) is 0 Å². The number of halogens is 1. The molecule has 3 heterocycles. The van der Waals surface area contributed by atoms with E-state index >= 15 is 0 Å². The molecule has 4 rings (SSSR count). The SMILES string of the molecule is Cc1cccc(N2CCC(Nc3ncnc4cc(Cl)ccc34)CC2)n1. The fourth-order valence-electron chi connectivity index (χ4n) is 3.30. The Bertz CT molecular complexity index is 890. The monoisotopic (exact) mass is 353 g/mol. The van der Waals surface area contributed by atoms with E-state index in [1.807, 2.05) is 31.2 Å². The highest BCUT2D eigenvalue weighted by Crippen LogP contribution is 2.25. The van der Waals surface area contributed by atoms with Crippen LogP contribution in [0.3, 0.4) is 0 Å². The first kappa shape index (κ1) is 16.1. The number of pyridine rings is 1. The maximum atomic E-state index is 6.06. The Balaban J connectivity index is 1.45. The van der Waals surface area contributed by atoms with Gasteiger partial charge in [-0.2, -0.15) is 0 Å². The van der Waals surface area contributed by atoms with Crippen LogP contribution in [0.4, 0.5) is 11.6 Å². The summed E-state index contributed by atoms with van der Waals surface area (Å²) in [4.78, 5) is 15.7. The predicted octanol–water partition coefficient (Wildman–Crippen LogP) is 4.07. The van der Waals surface area contributed by atoms with E-state index in [2.05, 4.69) is 37.3 Å². The first-order chi connectivity index (χ1) is 12.2. The molecule has 0 bridgehead atoms. The number of anilines is 2. The van der Waals surface area contributed by atoms with Gasteiger partial charge in [0.15, 0.2) is 0 Å². The van der Waals surface area contributed by atoms with E-state index in [0.717, 1.165) is 54.2 Å². The van der Waals surface area contributed by atoms with E-state index < -0.39 is 0 Å². The van der Waals surface area contributed by atoms with Gasteiger partial charge in [0.2, 0.25) is 0 Å². The smallest absolute Gasteiger partial charge is 0.137 e. The maximum Gasteiger partial charge on any atom is 0.137 e. The molecule has 0 atom stereocenters. The summed E-state index contributed by atoms with van der Waals surface area (Å²) in [6.45, 7) is 4.01. The molecule has 1 aliphatic rings. The average molecular weight is 354 g/mol. The number of nitrogens with zero attached hydrogens (tertiary/aromatic N) is 4. The number of rotatable bonds is 3. The minimum Gasteiger partial charge on any atom is -0.367 e. The molecule has 25 heavy (non-hydrogen) atoms. The third-order valence-corrected chi connectivity index (χ3v) is 4.87. The molecule has 1 fully saturated rings. The number of fused-ring (bicyclic) bond motifs is 1. The predicted molar refractivity (Wildman–Crippen MR) is 102 cm³/mol. The maximum absolute atomic E-state index is 6.06. The van der Waals surface area contributed by atoms with Crippen LogP contribution in [-0.4, -0.2) is 34.1 Å². The lowest BCUT2D eigenvalue weighted by Crippen LogP contribution is -2.39. The number of benzene rings is 1. The van der Waals surface area contributed by atoms with Crippen LogP contribution in [0.25, 0.3) is 10.9 Å². The Labute approximate surface area is 152 Å². The summed E-state index contributed by atoms with van der Waals surface area (Å²) in [7, 11) is 0. The molecule has 6 heteroatoms. The average Bonchev–Trinajstić information content (AvgIpc) is 2.62. The molecule has 3 aromatic rings. The van der Waals surface area contributed by atoms with Gasteiger partial charge in [0.25, 0.3) is 0 Å². The summed E-state index contributed by atoms with van der Waals surface area (Å²) in [5.41, 5.74) is 1.93. The van der Waals surface area contributed by atoms with Gasteiger partial charge in [-0.1, -0.05) is 17.7 Å². The third-order valence-electron chi connectivity index (χ3n) is 4.63. The highest BCUT2D eigenvalue weighted by Gasteiger charge is 2.21. The molecule has 5 nitrogen and oxygen atoms in total. The summed E-state index contributed by atoms with van der Waals surface area (Å²) in [6.07, 6.45) is 3.69. The Hall–Kier alpha value is -2.40. The molecule has 2 aromatic heterocycles. The van der Waals surface area contributed by atoms with E-state index in [9.17, 15) is 0 Å². The minimum absolute atomic E-state index is 0.398. The van der Waals surface area contributed by atoms with Gasteiger partial charge in [-0.3, -0.25) is 0 Å². The molecular weight excluding hydrogens is 334 g/mol. The van der Waals surface area contributed by atoms with Crippen LogP contribution in [0.5, 0.6) is 0 Å². The van der Waals surface area contributed by atoms with E-state index in [0.29, 0.717) is 11.1 Å². The molecule has 1 aliphatic heterocycles. The van der Waals surface area contributed by atoms with Crippen molar-refractivity contribution in [3.05, 3.63) is 53.4 Å². The molecule has 128 valence electrons. The second kappa shape index (κ2) is 6.84. The van der Waals surface area contributed by atoms with Gasteiger partial charge in [-0.05, 0) is 50.1 Å². The lowest BCUT2D eigenvalue weighted by atomic mass is 10.0. The van der Waals surface area contributed by atoms with Crippen molar-refractivity contribution in [3.63, 3.8) is 0 Å². The second-order valence-corrected chi connectivity index (χ2v) is 6.86. The van der Waals surface area contributed by atoms with E-state index in [-0.39, 0.29) is 0 Å². The molecule has 0 radical (unpaired) electrons. The molecule has 0 saturated carbocycles. The topological polar surface area (TPSA) is 53.9 Å². The normalized spacial score (nSPS) is 15.5. The Kier molecular flexibility index (Phi) is 4.40. The molecule has 1 N–H and O–H groups in total. The van der Waals surface area contributed by atoms with Crippen molar-refractivity contribution in [2.24, 2.45) is 0 Å². The van der Waals surface area contributed by atoms with Crippen molar-refractivity contribution in [3.8, 4) is 0 Å².